The fourth-order valence-electron chi connectivity index (χ4n) is 2.49. The fourth-order valence-corrected chi connectivity index (χ4v) is 3.46. The van der Waals surface area contributed by atoms with E-state index in [0.29, 0.717) is 12.1 Å². The van der Waals surface area contributed by atoms with Crippen LogP contribution in [-0.4, -0.2) is 23.7 Å². The molecular formula is C17H18FN3O2S. The molecule has 0 aliphatic carbocycles. The summed E-state index contributed by atoms with van der Waals surface area (Å²) in [4.78, 5) is 4.24. The van der Waals surface area contributed by atoms with Crippen molar-refractivity contribution in [1.82, 2.24) is 14.3 Å². The van der Waals surface area contributed by atoms with Crippen molar-refractivity contribution in [3.8, 4) is 0 Å². The van der Waals surface area contributed by atoms with Gasteiger partial charge in [0, 0.05) is 13.1 Å². The van der Waals surface area contributed by atoms with Gasteiger partial charge in [0.15, 0.2) is 0 Å². The third kappa shape index (κ3) is 3.80. The maximum absolute atomic E-state index is 13.2. The van der Waals surface area contributed by atoms with Gasteiger partial charge in [-0.05, 0) is 36.2 Å². The van der Waals surface area contributed by atoms with E-state index in [1.54, 1.807) is 25.4 Å². The number of nitrogens with zero attached hydrogens (tertiary/aromatic N) is 2. The molecule has 126 valence electrons. The molecule has 0 spiro atoms. The Morgan fingerprint density at radius 3 is 2.79 bits per heavy atom. The van der Waals surface area contributed by atoms with Crippen molar-refractivity contribution in [2.24, 2.45) is 0 Å². The molecule has 0 unspecified atom stereocenters. The van der Waals surface area contributed by atoms with Crippen molar-refractivity contribution in [3.05, 3.63) is 65.7 Å². The molecule has 7 heteroatoms. The maximum atomic E-state index is 13.2. The van der Waals surface area contributed by atoms with Crippen LogP contribution in [0.25, 0.3) is 11.0 Å². The molecule has 24 heavy (non-hydrogen) atoms. The molecule has 0 aliphatic heterocycles. The van der Waals surface area contributed by atoms with Crippen LogP contribution >= 0.6 is 0 Å². The first-order valence-corrected chi connectivity index (χ1v) is 9.22. The highest BCUT2D eigenvalue weighted by Crippen LogP contribution is 2.12. The molecule has 3 aromatic rings. The van der Waals surface area contributed by atoms with Crippen LogP contribution in [0.1, 0.15) is 11.1 Å². The van der Waals surface area contributed by atoms with Crippen LogP contribution in [0.15, 0.2) is 48.8 Å². The minimum Gasteiger partial charge on any atom is -0.330 e. The third-order valence-corrected chi connectivity index (χ3v) is 5.15. The first-order chi connectivity index (χ1) is 11.4. The molecule has 0 fully saturated rings. The number of hydrogen-bond acceptors (Lipinski definition) is 3. The van der Waals surface area contributed by atoms with E-state index in [0.717, 1.165) is 16.6 Å². The molecule has 0 atom stereocenters. The standard InChI is InChI=1S/C17H18FN3O2S/c1-13-10-14(6-7-15(13)18)11-20-24(22,23)9-8-21-12-19-16-4-2-3-5-17(16)21/h2-7,10,12,20H,8-9,11H2,1H3. The van der Waals surface area contributed by atoms with Crippen molar-refractivity contribution in [2.45, 2.75) is 20.0 Å². The van der Waals surface area contributed by atoms with Gasteiger partial charge >= 0.3 is 0 Å². The zero-order valence-corrected chi connectivity index (χ0v) is 14.1. The Kier molecular flexibility index (Phi) is 4.64. The van der Waals surface area contributed by atoms with Gasteiger partial charge in [0.1, 0.15) is 5.82 Å². The van der Waals surface area contributed by atoms with Gasteiger partial charge in [0.2, 0.25) is 10.0 Å². The minimum atomic E-state index is -3.44. The number of hydrogen-bond donors (Lipinski definition) is 1. The average Bonchev–Trinajstić information content (AvgIpc) is 2.98. The topological polar surface area (TPSA) is 64.0 Å². The Bertz CT molecular complexity index is 967. The van der Waals surface area contributed by atoms with E-state index in [-0.39, 0.29) is 18.1 Å². The Hall–Kier alpha value is -2.25. The Balaban J connectivity index is 1.62. The van der Waals surface area contributed by atoms with Gasteiger partial charge in [0.05, 0.1) is 23.1 Å². The molecule has 0 saturated carbocycles. The van der Waals surface area contributed by atoms with Gasteiger partial charge < -0.3 is 4.57 Å². The van der Waals surface area contributed by atoms with E-state index in [1.807, 2.05) is 28.8 Å². The molecule has 0 saturated heterocycles. The highest BCUT2D eigenvalue weighted by Gasteiger charge is 2.12. The third-order valence-electron chi connectivity index (χ3n) is 3.85. The van der Waals surface area contributed by atoms with Gasteiger partial charge in [-0.1, -0.05) is 24.3 Å². The summed E-state index contributed by atoms with van der Waals surface area (Å²) in [6, 6.07) is 12.1. The summed E-state index contributed by atoms with van der Waals surface area (Å²) in [6.07, 6.45) is 1.64. The van der Waals surface area contributed by atoms with Gasteiger partial charge in [-0.15, -0.1) is 0 Å². The van der Waals surface area contributed by atoms with Crippen LogP contribution in [0.4, 0.5) is 4.39 Å². The Morgan fingerprint density at radius 1 is 1.21 bits per heavy atom. The molecule has 0 aliphatic rings. The number of aryl methyl sites for hydroxylation is 2. The number of aromatic nitrogens is 2. The number of nitrogens with one attached hydrogen (secondary N) is 1. The van der Waals surface area contributed by atoms with Crippen LogP contribution in [0.2, 0.25) is 0 Å². The Morgan fingerprint density at radius 2 is 2.00 bits per heavy atom. The first kappa shape index (κ1) is 16.6. The lowest BCUT2D eigenvalue weighted by Crippen LogP contribution is -2.28. The van der Waals surface area contributed by atoms with Crippen LogP contribution in [0, 0.1) is 12.7 Å². The number of imidazole rings is 1. The van der Waals surface area contributed by atoms with Crippen LogP contribution < -0.4 is 4.72 Å². The summed E-state index contributed by atoms with van der Waals surface area (Å²) < 4.78 is 41.9. The highest BCUT2D eigenvalue weighted by molar-refractivity contribution is 7.89. The molecule has 5 nitrogen and oxygen atoms in total. The van der Waals surface area contributed by atoms with Crippen molar-refractivity contribution in [3.63, 3.8) is 0 Å². The normalized spacial score (nSPS) is 11.9. The number of para-hydroxylation sites is 2. The predicted octanol–water partition coefficient (Wildman–Crippen LogP) is 2.60. The molecule has 1 N–H and O–H groups in total. The Labute approximate surface area is 140 Å². The van der Waals surface area contributed by atoms with Crippen molar-refractivity contribution >= 4 is 21.1 Å². The van der Waals surface area contributed by atoms with Gasteiger partial charge in [-0.3, -0.25) is 0 Å². The molecule has 1 aromatic heterocycles. The zero-order valence-electron chi connectivity index (χ0n) is 13.2. The highest BCUT2D eigenvalue weighted by atomic mass is 32.2. The van der Waals surface area contributed by atoms with E-state index in [4.69, 9.17) is 0 Å². The first-order valence-electron chi connectivity index (χ1n) is 7.57. The number of fused-ring (bicyclic) bond motifs is 1. The molecule has 1 heterocycles. The summed E-state index contributed by atoms with van der Waals surface area (Å²) in [6.45, 7) is 2.11. The molecule has 0 amide bonds. The van der Waals surface area contributed by atoms with Crippen LogP contribution in [-0.2, 0) is 23.1 Å². The molecule has 2 aromatic carbocycles. The van der Waals surface area contributed by atoms with E-state index in [9.17, 15) is 12.8 Å². The quantitative estimate of drug-likeness (QED) is 0.745. The van der Waals surface area contributed by atoms with Crippen molar-refractivity contribution in [1.29, 1.82) is 0 Å². The van der Waals surface area contributed by atoms with Gasteiger partial charge in [0.25, 0.3) is 0 Å². The molecule has 0 bridgehead atoms. The minimum absolute atomic E-state index is 0.0481. The second kappa shape index (κ2) is 6.70. The largest absolute Gasteiger partial charge is 0.330 e. The van der Waals surface area contributed by atoms with E-state index in [1.165, 1.54) is 6.07 Å². The van der Waals surface area contributed by atoms with Crippen molar-refractivity contribution < 1.29 is 12.8 Å². The summed E-state index contributed by atoms with van der Waals surface area (Å²) in [5, 5.41) is 0. The van der Waals surface area contributed by atoms with E-state index >= 15 is 0 Å². The number of benzene rings is 2. The lowest BCUT2D eigenvalue weighted by atomic mass is 10.1. The lowest BCUT2D eigenvalue weighted by molar-refractivity contribution is 0.575. The number of rotatable bonds is 6. The summed E-state index contributed by atoms with van der Waals surface area (Å²) in [7, 11) is -3.44. The van der Waals surface area contributed by atoms with Crippen molar-refractivity contribution in [2.75, 3.05) is 5.75 Å². The number of halogens is 1. The summed E-state index contributed by atoms with van der Waals surface area (Å²) in [5.41, 5.74) is 2.97. The molecular weight excluding hydrogens is 329 g/mol. The predicted molar refractivity (Wildman–Crippen MR) is 91.5 cm³/mol. The second-order valence-corrected chi connectivity index (χ2v) is 7.58. The molecule has 0 radical (unpaired) electrons. The fraction of sp³-hybridized carbons (Fsp3) is 0.235. The average molecular weight is 347 g/mol. The lowest BCUT2D eigenvalue weighted by Gasteiger charge is -2.09. The van der Waals surface area contributed by atoms with E-state index in [2.05, 4.69) is 9.71 Å². The smallest absolute Gasteiger partial charge is 0.213 e. The summed E-state index contributed by atoms with van der Waals surface area (Å²) in [5.74, 6) is -0.346. The van der Waals surface area contributed by atoms with Crippen LogP contribution in [0.5, 0.6) is 0 Å². The maximum Gasteiger partial charge on any atom is 0.213 e. The van der Waals surface area contributed by atoms with Gasteiger partial charge in [-0.2, -0.15) is 0 Å². The zero-order chi connectivity index (χ0) is 17.2. The number of sulfonamides is 1. The van der Waals surface area contributed by atoms with Gasteiger partial charge in [-0.25, -0.2) is 22.5 Å². The second-order valence-electron chi connectivity index (χ2n) is 5.65. The SMILES string of the molecule is Cc1cc(CNS(=O)(=O)CCn2cnc3ccccc32)ccc1F. The summed E-state index contributed by atoms with van der Waals surface area (Å²) >= 11 is 0. The molecule has 3 rings (SSSR count). The van der Waals surface area contributed by atoms with E-state index < -0.39 is 10.0 Å². The van der Waals surface area contributed by atoms with Crippen LogP contribution in [0.3, 0.4) is 0 Å². The monoisotopic (exact) mass is 347 g/mol.